The maximum absolute atomic E-state index is 13.2. The van der Waals surface area contributed by atoms with Crippen LogP contribution in [0.1, 0.15) is 29.4 Å². The summed E-state index contributed by atoms with van der Waals surface area (Å²) in [4.78, 5) is 34.3. The van der Waals surface area contributed by atoms with Gasteiger partial charge in [0, 0.05) is 12.7 Å². The summed E-state index contributed by atoms with van der Waals surface area (Å²) in [6.07, 6.45) is 2.41. The summed E-state index contributed by atoms with van der Waals surface area (Å²) in [7, 11) is 3.89. The van der Waals surface area contributed by atoms with E-state index in [4.69, 9.17) is 23.2 Å². The molecule has 1 fully saturated rings. The Labute approximate surface area is 201 Å². The van der Waals surface area contributed by atoms with Crippen LogP contribution in [0.2, 0.25) is 10.0 Å². The van der Waals surface area contributed by atoms with Crippen molar-refractivity contribution in [2.75, 3.05) is 27.2 Å². The van der Waals surface area contributed by atoms with Crippen molar-refractivity contribution in [3.63, 3.8) is 0 Å². The molecule has 0 aliphatic carbocycles. The molecule has 1 amide bonds. The van der Waals surface area contributed by atoms with Gasteiger partial charge in [0.1, 0.15) is 11.3 Å². The van der Waals surface area contributed by atoms with E-state index in [-0.39, 0.29) is 11.3 Å². The van der Waals surface area contributed by atoms with Gasteiger partial charge in [-0.25, -0.2) is 4.98 Å². The first-order chi connectivity index (χ1) is 15.7. The minimum Gasteiger partial charge on any atom is -0.505 e. The Balaban J connectivity index is 1.90. The molecule has 1 aromatic carbocycles. The summed E-state index contributed by atoms with van der Waals surface area (Å²) < 4.78 is 1.70. The lowest BCUT2D eigenvalue weighted by molar-refractivity contribution is -0.139. The number of rotatable bonds is 6. The SMILES string of the molecule is Cc1nc2ccccn2c1C(O)=C1C(=O)C(=O)N(CCCN(C)C)[C@H]1c1ccc(Cl)c(Cl)c1. The van der Waals surface area contributed by atoms with Crippen LogP contribution in [0.4, 0.5) is 0 Å². The number of halogens is 2. The van der Waals surface area contributed by atoms with E-state index in [0.29, 0.717) is 45.6 Å². The van der Waals surface area contributed by atoms with Crippen molar-refractivity contribution < 1.29 is 14.7 Å². The normalized spacial score (nSPS) is 18.1. The number of imidazole rings is 1. The van der Waals surface area contributed by atoms with Gasteiger partial charge >= 0.3 is 0 Å². The van der Waals surface area contributed by atoms with E-state index in [0.717, 1.165) is 6.54 Å². The second kappa shape index (κ2) is 9.17. The molecule has 33 heavy (non-hydrogen) atoms. The lowest BCUT2D eigenvalue weighted by Gasteiger charge is -2.26. The second-order valence-corrected chi connectivity index (χ2v) is 9.11. The molecule has 1 saturated heterocycles. The van der Waals surface area contributed by atoms with Crippen molar-refractivity contribution in [1.82, 2.24) is 19.2 Å². The summed E-state index contributed by atoms with van der Waals surface area (Å²) in [5.74, 6) is -1.66. The number of likely N-dealkylation sites (tertiary alicyclic amines) is 1. The number of pyridine rings is 1. The summed E-state index contributed by atoms with van der Waals surface area (Å²) in [6, 6.07) is 9.63. The van der Waals surface area contributed by atoms with E-state index in [2.05, 4.69) is 4.98 Å². The maximum Gasteiger partial charge on any atom is 0.295 e. The molecule has 3 aromatic rings. The van der Waals surface area contributed by atoms with Crippen LogP contribution in [0.25, 0.3) is 11.4 Å². The molecule has 0 bridgehead atoms. The molecule has 3 heterocycles. The first-order valence-corrected chi connectivity index (χ1v) is 11.3. The quantitative estimate of drug-likeness (QED) is 0.318. The fourth-order valence-electron chi connectivity index (χ4n) is 4.22. The molecule has 1 aliphatic rings. The molecule has 0 saturated carbocycles. The lowest BCUT2D eigenvalue weighted by atomic mass is 9.96. The Morgan fingerprint density at radius 3 is 2.61 bits per heavy atom. The molecule has 0 spiro atoms. The van der Waals surface area contributed by atoms with Crippen molar-refractivity contribution in [2.24, 2.45) is 0 Å². The van der Waals surface area contributed by atoms with Crippen molar-refractivity contribution in [3.05, 3.63) is 75.2 Å². The molecule has 1 N–H and O–H groups in total. The molecule has 1 atom stereocenters. The summed E-state index contributed by atoms with van der Waals surface area (Å²) in [5, 5.41) is 12.1. The van der Waals surface area contributed by atoms with Gasteiger partial charge in [-0.3, -0.25) is 14.0 Å². The molecule has 7 nitrogen and oxygen atoms in total. The van der Waals surface area contributed by atoms with E-state index in [9.17, 15) is 14.7 Å². The number of Topliss-reactive ketones (excluding diaryl/α,β-unsaturated/α-hetero) is 1. The minimum absolute atomic E-state index is 0.0111. The van der Waals surface area contributed by atoms with Crippen molar-refractivity contribution in [2.45, 2.75) is 19.4 Å². The topological polar surface area (TPSA) is 78.1 Å². The largest absolute Gasteiger partial charge is 0.505 e. The van der Waals surface area contributed by atoms with E-state index in [1.54, 1.807) is 47.9 Å². The number of aromatic nitrogens is 2. The van der Waals surface area contributed by atoms with Crippen molar-refractivity contribution in [1.29, 1.82) is 0 Å². The highest BCUT2D eigenvalue weighted by atomic mass is 35.5. The van der Waals surface area contributed by atoms with Crippen LogP contribution in [0.5, 0.6) is 0 Å². The molecule has 172 valence electrons. The molecule has 9 heteroatoms. The fraction of sp³-hybridized carbons (Fsp3) is 0.292. The molecular formula is C24H24Cl2N4O3. The number of aliphatic hydroxyl groups is 1. The number of benzene rings is 1. The first kappa shape index (κ1) is 23.3. The van der Waals surface area contributed by atoms with E-state index in [1.807, 2.05) is 25.1 Å². The molecule has 0 unspecified atom stereocenters. The summed E-state index contributed by atoms with van der Waals surface area (Å²) >= 11 is 12.4. The number of nitrogens with zero attached hydrogens (tertiary/aromatic N) is 4. The number of amides is 1. The number of hydrogen-bond acceptors (Lipinski definition) is 5. The van der Waals surface area contributed by atoms with Crippen LogP contribution < -0.4 is 0 Å². The number of ketones is 1. The highest BCUT2D eigenvalue weighted by Gasteiger charge is 2.46. The van der Waals surface area contributed by atoms with Crippen molar-refractivity contribution >= 4 is 46.3 Å². The number of aliphatic hydroxyl groups excluding tert-OH is 1. The van der Waals surface area contributed by atoms with Gasteiger partial charge in [0.2, 0.25) is 0 Å². The standard InChI is InChI=1S/C24H24Cl2N4O3/c1-14-20(29-11-5-4-7-18(29)27-14)22(31)19-21(15-8-9-16(25)17(26)13-15)30(24(33)23(19)32)12-6-10-28(2)3/h4-5,7-9,11,13,21,31H,6,10,12H2,1-3H3/t21-/m0/s1. The number of fused-ring (bicyclic) bond motifs is 1. The average molecular weight is 487 g/mol. The Morgan fingerprint density at radius 1 is 1.15 bits per heavy atom. The third-order valence-corrected chi connectivity index (χ3v) is 6.47. The molecule has 4 rings (SSSR count). The molecule has 1 aliphatic heterocycles. The lowest BCUT2D eigenvalue weighted by Crippen LogP contribution is -2.32. The number of carbonyl (C=O) groups is 2. The number of carbonyl (C=O) groups excluding carboxylic acids is 2. The summed E-state index contributed by atoms with van der Waals surface area (Å²) in [6.45, 7) is 2.84. The van der Waals surface area contributed by atoms with Crippen LogP contribution >= 0.6 is 23.2 Å². The Kier molecular flexibility index (Phi) is 6.47. The third kappa shape index (κ3) is 4.24. The average Bonchev–Trinajstić information content (AvgIpc) is 3.23. The number of aryl methyl sites for hydroxylation is 1. The van der Waals surface area contributed by atoms with Crippen LogP contribution in [-0.4, -0.2) is 63.2 Å². The Morgan fingerprint density at radius 2 is 1.91 bits per heavy atom. The monoisotopic (exact) mass is 486 g/mol. The zero-order valence-electron chi connectivity index (χ0n) is 18.5. The zero-order valence-corrected chi connectivity index (χ0v) is 20.1. The zero-order chi connectivity index (χ0) is 23.9. The van der Waals surface area contributed by atoms with Gasteiger partial charge < -0.3 is 14.9 Å². The van der Waals surface area contributed by atoms with Crippen LogP contribution in [0.3, 0.4) is 0 Å². The highest BCUT2D eigenvalue weighted by Crippen LogP contribution is 2.41. The van der Waals surface area contributed by atoms with Crippen LogP contribution in [0.15, 0.2) is 48.2 Å². The Bertz CT molecular complexity index is 1280. The Hall–Kier alpha value is -2.87. The van der Waals surface area contributed by atoms with Gasteiger partial charge in [-0.05, 0) is 63.8 Å². The van der Waals surface area contributed by atoms with Gasteiger partial charge in [0.25, 0.3) is 11.7 Å². The van der Waals surface area contributed by atoms with Gasteiger partial charge in [-0.2, -0.15) is 0 Å². The van der Waals surface area contributed by atoms with E-state index >= 15 is 0 Å². The van der Waals surface area contributed by atoms with Gasteiger partial charge in [0.15, 0.2) is 5.76 Å². The fourth-order valence-corrected chi connectivity index (χ4v) is 4.53. The van der Waals surface area contributed by atoms with Gasteiger partial charge in [0.05, 0.1) is 27.4 Å². The molecular weight excluding hydrogens is 463 g/mol. The van der Waals surface area contributed by atoms with Crippen LogP contribution in [0, 0.1) is 6.92 Å². The second-order valence-electron chi connectivity index (χ2n) is 8.30. The maximum atomic E-state index is 13.2. The van der Waals surface area contributed by atoms with E-state index in [1.165, 1.54) is 4.90 Å². The smallest absolute Gasteiger partial charge is 0.295 e. The predicted octanol–water partition coefficient (Wildman–Crippen LogP) is 4.32. The van der Waals surface area contributed by atoms with E-state index < -0.39 is 17.7 Å². The van der Waals surface area contributed by atoms with Gasteiger partial charge in [-0.1, -0.05) is 35.3 Å². The predicted molar refractivity (Wildman–Crippen MR) is 129 cm³/mol. The minimum atomic E-state index is -0.796. The van der Waals surface area contributed by atoms with Gasteiger partial charge in [-0.15, -0.1) is 0 Å². The highest BCUT2D eigenvalue weighted by molar-refractivity contribution is 6.46. The molecule has 2 aromatic heterocycles. The third-order valence-electron chi connectivity index (χ3n) is 5.73. The first-order valence-electron chi connectivity index (χ1n) is 10.5. The number of hydrogen-bond donors (Lipinski definition) is 1. The van der Waals surface area contributed by atoms with Crippen molar-refractivity contribution in [3.8, 4) is 0 Å². The van der Waals surface area contributed by atoms with Crippen LogP contribution in [-0.2, 0) is 9.59 Å². The summed E-state index contributed by atoms with van der Waals surface area (Å²) in [5.41, 5.74) is 2.16. The molecule has 0 radical (unpaired) electrons.